The van der Waals surface area contributed by atoms with Crippen LogP contribution >= 0.6 is 0 Å². The molecule has 206 valence electrons. The second kappa shape index (κ2) is 15.1. The van der Waals surface area contributed by atoms with E-state index in [1.54, 1.807) is 0 Å². The molecule has 3 saturated heterocycles. The van der Waals surface area contributed by atoms with E-state index >= 15 is 0 Å². The summed E-state index contributed by atoms with van der Waals surface area (Å²) in [6, 6.07) is 0. The summed E-state index contributed by atoms with van der Waals surface area (Å²) >= 11 is 0. The molecule has 0 spiro atoms. The molecule has 3 rings (SSSR count). The first kappa shape index (κ1) is 29.1. The molecule has 11 heteroatoms. The van der Waals surface area contributed by atoms with Gasteiger partial charge in [-0.2, -0.15) is 0 Å². The first-order valence-electron chi connectivity index (χ1n) is 13.2. The molecule has 0 bridgehead atoms. The maximum absolute atomic E-state index is 10.7. The number of ether oxygens (including phenoxy) is 4. The number of hydrogen-bond acceptors (Lipinski definition) is 11. The molecule has 0 saturated carbocycles. The molecule has 11 nitrogen and oxygen atoms in total. The van der Waals surface area contributed by atoms with Crippen LogP contribution in [-0.2, 0) is 28.7 Å². The SMILES string of the molecule is CCCCCCCCCCCCO[C@H]1O[C@@H]2COO[C@H]3[C@@H](O[C@H]2[C@H](O)[C@H]1O)O[C@H](CO)[C@@H](O)[C@@H]3O. The first-order valence-corrected chi connectivity index (χ1v) is 13.2. The Bertz CT molecular complexity index is 582. The predicted molar refractivity (Wildman–Crippen MR) is 122 cm³/mol. The predicted octanol–water partition coefficient (Wildman–Crippen LogP) is 0.525. The zero-order valence-corrected chi connectivity index (χ0v) is 20.7. The van der Waals surface area contributed by atoms with Crippen molar-refractivity contribution in [2.24, 2.45) is 0 Å². The number of aliphatic hydroxyl groups is 5. The van der Waals surface area contributed by atoms with Gasteiger partial charge in [0.1, 0.15) is 49.3 Å². The van der Waals surface area contributed by atoms with Crippen LogP contribution in [-0.4, -0.2) is 107 Å². The highest BCUT2D eigenvalue weighted by molar-refractivity contribution is 4.95. The fourth-order valence-electron chi connectivity index (χ4n) is 4.74. The summed E-state index contributed by atoms with van der Waals surface area (Å²) < 4.78 is 22.8. The summed E-state index contributed by atoms with van der Waals surface area (Å²) in [4.78, 5) is 10.4. The molecule has 3 heterocycles. The van der Waals surface area contributed by atoms with Crippen LogP contribution < -0.4 is 0 Å². The maximum Gasteiger partial charge on any atom is 0.190 e. The molecular weight excluding hydrogens is 464 g/mol. The standard InChI is InChI=1S/C24H44O11/c1-2-3-4-5-6-7-8-9-10-11-12-30-23-20(29)19(28)21-16(33-23)14-31-35-22-18(27)17(26)15(13-25)32-24(22)34-21/h15-29H,2-14H2,1H3/t15-,16-,17-,18+,19-,20-,21-,22-,23+,24-/m1/s1. The van der Waals surface area contributed by atoms with Gasteiger partial charge in [-0.3, -0.25) is 0 Å². The van der Waals surface area contributed by atoms with Crippen LogP contribution in [0.3, 0.4) is 0 Å². The van der Waals surface area contributed by atoms with Gasteiger partial charge in [0.05, 0.1) is 6.61 Å². The zero-order chi connectivity index (χ0) is 25.2. The van der Waals surface area contributed by atoms with Crippen molar-refractivity contribution in [1.82, 2.24) is 0 Å². The zero-order valence-electron chi connectivity index (χ0n) is 20.7. The molecule has 10 atom stereocenters. The molecule has 0 aromatic heterocycles. The van der Waals surface area contributed by atoms with Crippen molar-refractivity contribution in [3.8, 4) is 0 Å². The minimum absolute atomic E-state index is 0.165. The van der Waals surface area contributed by atoms with Crippen LogP contribution in [0.15, 0.2) is 0 Å². The van der Waals surface area contributed by atoms with Crippen LogP contribution in [0.25, 0.3) is 0 Å². The molecule has 0 unspecified atom stereocenters. The average Bonchev–Trinajstić information content (AvgIpc) is 2.84. The molecule has 35 heavy (non-hydrogen) atoms. The Hall–Kier alpha value is -0.440. The van der Waals surface area contributed by atoms with E-state index in [0.29, 0.717) is 6.61 Å². The lowest BCUT2D eigenvalue weighted by atomic mass is 9.96. The van der Waals surface area contributed by atoms with Gasteiger partial charge in [-0.1, -0.05) is 64.7 Å². The highest BCUT2D eigenvalue weighted by Crippen LogP contribution is 2.32. The molecule has 0 aromatic rings. The van der Waals surface area contributed by atoms with E-state index < -0.39 is 68.0 Å². The second-order valence-corrected chi connectivity index (χ2v) is 9.73. The van der Waals surface area contributed by atoms with Crippen molar-refractivity contribution in [1.29, 1.82) is 0 Å². The maximum atomic E-state index is 10.7. The molecule has 0 radical (unpaired) electrons. The highest BCUT2D eigenvalue weighted by Gasteiger charge is 2.53. The van der Waals surface area contributed by atoms with Crippen molar-refractivity contribution in [2.75, 3.05) is 19.8 Å². The summed E-state index contributed by atoms with van der Waals surface area (Å²) in [6.45, 7) is 1.88. The van der Waals surface area contributed by atoms with E-state index in [4.69, 9.17) is 28.7 Å². The summed E-state index contributed by atoms with van der Waals surface area (Å²) in [5.41, 5.74) is 0. The van der Waals surface area contributed by atoms with Crippen LogP contribution in [0.4, 0.5) is 0 Å². The summed E-state index contributed by atoms with van der Waals surface area (Å²) in [6.07, 6.45) is -0.228. The normalized spacial score (nSPS) is 39.9. The van der Waals surface area contributed by atoms with Gasteiger partial charge in [-0.25, -0.2) is 9.78 Å². The Morgan fingerprint density at radius 1 is 0.714 bits per heavy atom. The molecule has 0 aromatic carbocycles. The minimum atomic E-state index is -1.45. The molecule has 0 amide bonds. The number of aliphatic hydroxyl groups excluding tert-OH is 5. The van der Waals surface area contributed by atoms with Crippen molar-refractivity contribution >= 4 is 0 Å². The molecule has 0 aliphatic carbocycles. The van der Waals surface area contributed by atoms with E-state index in [-0.39, 0.29) is 6.61 Å². The minimum Gasteiger partial charge on any atom is -0.394 e. The number of unbranched alkanes of at least 4 members (excludes halogenated alkanes) is 9. The molecule has 3 aliphatic heterocycles. The summed E-state index contributed by atoms with van der Waals surface area (Å²) in [5, 5.41) is 51.0. The first-order chi connectivity index (χ1) is 17.0. The van der Waals surface area contributed by atoms with Gasteiger partial charge in [0.2, 0.25) is 0 Å². The number of hydrogen-bond donors (Lipinski definition) is 5. The van der Waals surface area contributed by atoms with E-state index in [1.165, 1.54) is 44.9 Å². The Morgan fingerprint density at radius 3 is 2.00 bits per heavy atom. The monoisotopic (exact) mass is 508 g/mol. The van der Waals surface area contributed by atoms with E-state index in [1.807, 2.05) is 0 Å². The molecule has 3 fully saturated rings. The van der Waals surface area contributed by atoms with Gasteiger partial charge in [0, 0.05) is 6.61 Å². The third-order valence-corrected chi connectivity index (χ3v) is 6.95. The molecule has 3 aliphatic rings. The Labute approximate surface area is 207 Å². The fraction of sp³-hybridized carbons (Fsp3) is 1.00. The topological polar surface area (TPSA) is 157 Å². The summed E-state index contributed by atoms with van der Waals surface area (Å²) in [7, 11) is 0. The summed E-state index contributed by atoms with van der Waals surface area (Å²) in [5.74, 6) is 0. The average molecular weight is 509 g/mol. The van der Waals surface area contributed by atoms with E-state index in [0.717, 1.165) is 19.3 Å². The number of fused-ring (bicyclic) bond motifs is 2. The van der Waals surface area contributed by atoms with Crippen LogP contribution in [0.5, 0.6) is 0 Å². The van der Waals surface area contributed by atoms with Crippen molar-refractivity contribution < 1.29 is 54.3 Å². The van der Waals surface area contributed by atoms with Gasteiger partial charge in [0.15, 0.2) is 18.7 Å². The van der Waals surface area contributed by atoms with Crippen molar-refractivity contribution in [3.05, 3.63) is 0 Å². The third-order valence-electron chi connectivity index (χ3n) is 6.95. The van der Waals surface area contributed by atoms with Gasteiger partial charge in [0.25, 0.3) is 0 Å². The Kier molecular flexibility index (Phi) is 12.6. The lowest BCUT2D eigenvalue weighted by molar-refractivity contribution is -0.450. The smallest absolute Gasteiger partial charge is 0.190 e. The van der Waals surface area contributed by atoms with Crippen LogP contribution in [0.1, 0.15) is 71.1 Å². The van der Waals surface area contributed by atoms with Crippen LogP contribution in [0.2, 0.25) is 0 Å². The van der Waals surface area contributed by atoms with Gasteiger partial charge < -0.3 is 44.5 Å². The number of rotatable bonds is 13. The Morgan fingerprint density at radius 2 is 1.34 bits per heavy atom. The lowest BCUT2D eigenvalue weighted by Crippen LogP contribution is -2.66. The van der Waals surface area contributed by atoms with Gasteiger partial charge in [-0.15, -0.1) is 0 Å². The van der Waals surface area contributed by atoms with E-state index in [2.05, 4.69) is 6.92 Å². The van der Waals surface area contributed by atoms with Gasteiger partial charge >= 0.3 is 0 Å². The van der Waals surface area contributed by atoms with Crippen LogP contribution in [0, 0.1) is 0 Å². The quantitative estimate of drug-likeness (QED) is 0.175. The molecule has 5 N–H and O–H groups in total. The van der Waals surface area contributed by atoms with E-state index in [9.17, 15) is 25.5 Å². The van der Waals surface area contributed by atoms with Crippen molar-refractivity contribution in [3.63, 3.8) is 0 Å². The highest BCUT2D eigenvalue weighted by atomic mass is 17.2. The van der Waals surface area contributed by atoms with Gasteiger partial charge in [-0.05, 0) is 6.42 Å². The Balaban J connectivity index is 1.40. The lowest BCUT2D eigenvalue weighted by Gasteiger charge is -2.48. The largest absolute Gasteiger partial charge is 0.394 e. The molecular formula is C24H44O11. The third kappa shape index (κ3) is 8.02. The second-order valence-electron chi connectivity index (χ2n) is 9.73. The van der Waals surface area contributed by atoms with Crippen molar-refractivity contribution in [2.45, 2.75) is 133 Å². The fourth-order valence-corrected chi connectivity index (χ4v) is 4.74.